The number of aromatic amines is 1. The summed E-state index contributed by atoms with van der Waals surface area (Å²) in [6.07, 6.45) is 3.04. The quantitative estimate of drug-likeness (QED) is 0.562. The molecule has 0 aliphatic rings. The van der Waals surface area contributed by atoms with Crippen molar-refractivity contribution in [1.82, 2.24) is 20.2 Å². The Balaban J connectivity index is 2.04. The molecule has 0 aliphatic heterocycles. The van der Waals surface area contributed by atoms with Crippen LogP contribution in [0.3, 0.4) is 0 Å². The SMILES string of the molecule is CC(Nc1ccc([N+](=O)[O-])c2cccnc12)c1ncn[nH]1. The van der Waals surface area contributed by atoms with Crippen molar-refractivity contribution in [2.24, 2.45) is 0 Å². The van der Waals surface area contributed by atoms with Gasteiger partial charge in [-0.05, 0) is 25.1 Å². The van der Waals surface area contributed by atoms with Crippen molar-refractivity contribution in [3.05, 3.63) is 52.7 Å². The van der Waals surface area contributed by atoms with Crippen LogP contribution >= 0.6 is 0 Å². The van der Waals surface area contributed by atoms with Crippen LogP contribution in [0.5, 0.6) is 0 Å². The number of benzene rings is 1. The average molecular weight is 284 g/mol. The second-order valence-corrected chi connectivity index (χ2v) is 4.53. The van der Waals surface area contributed by atoms with Crippen LogP contribution in [0.2, 0.25) is 0 Å². The Morgan fingerprint density at radius 1 is 1.33 bits per heavy atom. The van der Waals surface area contributed by atoms with Gasteiger partial charge in [0.2, 0.25) is 0 Å². The lowest BCUT2D eigenvalue weighted by Gasteiger charge is -2.14. The first-order chi connectivity index (χ1) is 10.2. The molecule has 1 unspecified atom stereocenters. The number of fused-ring (bicyclic) bond motifs is 1. The monoisotopic (exact) mass is 284 g/mol. The fourth-order valence-electron chi connectivity index (χ4n) is 2.16. The molecule has 1 aromatic carbocycles. The summed E-state index contributed by atoms with van der Waals surface area (Å²) in [4.78, 5) is 19.0. The van der Waals surface area contributed by atoms with Crippen LogP contribution in [0, 0.1) is 10.1 Å². The predicted molar refractivity (Wildman–Crippen MR) is 76.8 cm³/mol. The van der Waals surface area contributed by atoms with E-state index >= 15 is 0 Å². The van der Waals surface area contributed by atoms with Gasteiger partial charge in [0.25, 0.3) is 5.69 Å². The number of aromatic nitrogens is 4. The van der Waals surface area contributed by atoms with E-state index in [9.17, 15) is 10.1 Å². The zero-order chi connectivity index (χ0) is 14.8. The van der Waals surface area contributed by atoms with Gasteiger partial charge in [-0.15, -0.1) is 0 Å². The lowest BCUT2D eigenvalue weighted by Crippen LogP contribution is -2.09. The molecule has 0 saturated heterocycles. The van der Waals surface area contributed by atoms with Gasteiger partial charge in [0.05, 0.1) is 22.0 Å². The molecule has 2 aromatic heterocycles. The summed E-state index contributed by atoms with van der Waals surface area (Å²) in [5.41, 5.74) is 1.30. The summed E-state index contributed by atoms with van der Waals surface area (Å²) in [7, 11) is 0. The molecule has 0 radical (unpaired) electrons. The highest BCUT2D eigenvalue weighted by Crippen LogP contribution is 2.31. The first-order valence-electron chi connectivity index (χ1n) is 6.30. The van der Waals surface area contributed by atoms with Crippen LogP contribution in [0.1, 0.15) is 18.8 Å². The van der Waals surface area contributed by atoms with Crippen LogP contribution in [-0.4, -0.2) is 25.1 Å². The first kappa shape index (κ1) is 13.0. The van der Waals surface area contributed by atoms with Gasteiger partial charge in [0.1, 0.15) is 17.7 Å². The zero-order valence-electron chi connectivity index (χ0n) is 11.1. The average Bonchev–Trinajstić information content (AvgIpc) is 3.01. The molecule has 8 heteroatoms. The predicted octanol–water partition coefficient (Wildman–Crippen LogP) is 2.43. The van der Waals surface area contributed by atoms with E-state index in [1.54, 1.807) is 24.4 Å². The van der Waals surface area contributed by atoms with E-state index in [-0.39, 0.29) is 11.7 Å². The van der Waals surface area contributed by atoms with Gasteiger partial charge in [-0.3, -0.25) is 20.2 Å². The summed E-state index contributed by atoms with van der Waals surface area (Å²) < 4.78 is 0. The van der Waals surface area contributed by atoms with Crippen molar-refractivity contribution in [2.75, 3.05) is 5.32 Å². The minimum absolute atomic E-state index is 0.0379. The van der Waals surface area contributed by atoms with E-state index < -0.39 is 4.92 Å². The Kier molecular flexibility index (Phi) is 3.19. The van der Waals surface area contributed by atoms with Gasteiger partial charge in [-0.1, -0.05) is 0 Å². The molecule has 2 heterocycles. The maximum Gasteiger partial charge on any atom is 0.278 e. The van der Waals surface area contributed by atoms with Crippen molar-refractivity contribution < 1.29 is 4.92 Å². The van der Waals surface area contributed by atoms with Crippen LogP contribution in [0.4, 0.5) is 11.4 Å². The summed E-state index contributed by atoms with van der Waals surface area (Å²) >= 11 is 0. The molecular formula is C13H12N6O2. The maximum absolute atomic E-state index is 11.1. The third-order valence-corrected chi connectivity index (χ3v) is 3.16. The third kappa shape index (κ3) is 2.38. The standard InChI is InChI=1S/C13H12N6O2/c1-8(13-15-7-16-18-13)17-10-4-5-11(19(20)21)9-3-2-6-14-12(9)10/h2-8,17H,1H3,(H,15,16,18). The van der Waals surface area contributed by atoms with E-state index in [2.05, 4.69) is 25.5 Å². The summed E-state index contributed by atoms with van der Waals surface area (Å²) in [5.74, 6) is 0.678. The van der Waals surface area contributed by atoms with Gasteiger partial charge >= 0.3 is 0 Å². The number of nitrogens with one attached hydrogen (secondary N) is 2. The molecule has 0 saturated carbocycles. The van der Waals surface area contributed by atoms with Crippen LogP contribution in [0.15, 0.2) is 36.8 Å². The van der Waals surface area contributed by atoms with E-state index in [4.69, 9.17) is 0 Å². The molecule has 0 amide bonds. The summed E-state index contributed by atoms with van der Waals surface area (Å²) in [6, 6.07) is 6.36. The Hall–Kier alpha value is -3.03. The Labute approximate surface area is 119 Å². The second kappa shape index (κ2) is 5.16. The molecule has 0 fully saturated rings. The fraction of sp³-hybridized carbons (Fsp3) is 0.154. The Morgan fingerprint density at radius 2 is 2.19 bits per heavy atom. The molecule has 106 valence electrons. The lowest BCUT2D eigenvalue weighted by atomic mass is 10.1. The van der Waals surface area contributed by atoms with Crippen molar-refractivity contribution in [1.29, 1.82) is 0 Å². The Morgan fingerprint density at radius 3 is 2.90 bits per heavy atom. The molecule has 0 bridgehead atoms. The number of nitrogens with zero attached hydrogens (tertiary/aromatic N) is 4. The topological polar surface area (TPSA) is 110 Å². The number of pyridine rings is 1. The number of H-pyrrole nitrogens is 1. The van der Waals surface area contributed by atoms with Crippen LogP contribution in [0.25, 0.3) is 10.9 Å². The minimum Gasteiger partial charge on any atom is -0.374 e. The van der Waals surface area contributed by atoms with E-state index in [1.807, 2.05) is 6.92 Å². The van der Waals surface area contributed by atoms with Crippen molar-refractivity contribution in [3.63, 3.8) is 0 Å². The number of non-ortho nitro benzene ring substituents is 1. The number of anilines is 1. The molecule has 1 atom stereocenters. The molecule has 2 N–H and O–H groups in total. The van der Waals surface area contributed by atoms with Gasteiger partial charge in [-0.25, -0.2) is 4.98 Å². The third-order valence-electron chi connectivity index (χ3n) is 3.16. The number of nitro benzene ring substituents is 1. The number of rotatable bonds is 4. The van der Waals surface area contributed by atoms with Crippen molar-refractivity contribution >= 4 is 22.3 Å². The van der Waals surface area contributed by atoms with Crippen LogP contribution in [-0.2, 0) is 0 Å². The number of nitro groups is 1. The highest BCUT2D eigenvalue weighted by Gasteiger charge is 2.16. The Bertz CT molecular complexity index is 786. The number of hydrogen-bond donors (Lipinski definition) is 2. The fourth-order valence-corrected chi connectivity index (χ4v) is 2.16. The molecular weight excluding hydrogens is 272 g/mol. The molecule has 3 aromatic rings. The molecule has 0 spiro atoms. The van der Waals surface area contributed by atoms with Crippen LogP contribution < -0.4 is 5.32 Å². The highest BCUT2D eigenvalue weighted by molar-refractivity contribution is 5.96. The van der Waals surface area contributed by atoms with Gasteiger partial charge in [0, 0.05) is 12.3 Å². The summed E-state index contributed by atoms with van der Waals surface area (Å²) in [6.45, 7) is 1.91. The van der Waals surface area contributed by atoms with Gasteiger partial charge in [0.15, 0.2) is 0 Å². The molecule has 8 nitrogen and oxygen atoms in total. The van der Waals surface area contributed by atoms with Crippen molar-refractivity contribution in [2.45, 2.75) is 13.0 Å². The normalized spacial score (nSPS) is 12.2. The smallest absolute Gasteiger partial charge is 0.278 e. The van der Waals surface area contributed by atoms with Gasteiger partial charge in [-0.2, -0.15) is 5.10 Å². The van der Waals surface area contributed by atoms with E-state index in [0.29, 0.717) is 22.4 Å². The zero-order valence-corrected chi connectivity index (χ0v) is 11.1. The van der Waals surface area contributed by atoms with E-state index in [0.717, 1.165) is 0 Å². The molecule has 21 heavy (non-hydrogen) atoms. The minimum atomic E-state index is -0.409. The van der Waals surface area contributed by atoms with E-state index in [1.165, 1.54) is 12.4 Å². The molecule has 0 aliphatic carbocycles. The van der Waals surface area contributed by atoms with Gasteiger partial charge < -0.3 is 5.32 Å². The largest absolute Gasteiger partial charge is 0.374 e. The highest BCUT2D eigenvalue weighted by atomic mass is 16.6. The van der Waals surface area contributed by atoms with Crippen molar-refractivity contribution in [3.8, 4) is 0 Å². The summed E-state index contributed by atoms with van der Waals surface area (Å²) in [5, 5.41) is 21.4. The first-order valence-corrected chi connectivity index (χ1v) is 6.30. The number of hydrogen-bond acceptors (Lipinski definition) is 6. The lowest BCUT2D eigenvalue weighted by molar-refractivity contribution is -0.383. The second-order valence-electron chi connectivity index (χ2n) is 4.53. The maximum atomic E-state index is 11.1. The molecule has 3 rings (SSSR count).